The van der Waals surface area contributed by atoms with Crippen LogP contribution in [0.1, 0.15) is 39.5 Å². The van der Waals surface area contributed by atoms with Gasteiger partial charge in [0.05, 0.1) is 43.1 Å². The number of ether oxygens (including phenoxy) is 2. The first kappa shape index (κ1) is 30.3. The summed E-state index contributed by atoms with van der Waals surface area (Å²) in [4.78, 5) is 19.2. The molecule has 0 spiro atoms. The average molecular weight is 559 g/mol. The number of hydrogen-bond acceptors (Lipinski definition) is 8. The van der Waals surface area contributed by atoms with Gasteiger partial charge in [0, 0.05) is 35.6 Å². The van der Waals surface area contributed by atoms with Gasteiger partial charge in [-0.05, 0) is 56.4 Å². The maximum Gasteiger partial charge on any atom is 0.416 e. The number of nitrogens with one attached hydrogen (secondary N) is 1. The molecule has 0 saturated carbocycles. The number of amides is 1. The smallest absolute Gasteiger partial charge is 0.416 e. The number of nitrogens with zero attached hydrogens (tertiary/aromatic N) is 3. The Labute approximate surface area is 231 Å². The molecule has 0 unspecified atom stereocenters. The van der Waals surface area contributed by atoms with Crippen molar-refractivity contribution >= 4 is 23.0 Å². The lowest BCUT2D eigenvalue weighted by Gasteiger charge is -2.21. The molecule has 1 aromatic heterocycles. The molecule has 3 aromatic rings. The standard InChI is InChI=1S/C28H33F3N6O3/c1-6-36(3)15-20-9-21(28(29,30)31)12-24(26(20)40-5)35-27(38)18-8-7-17(2)25(11-18)37(33)16-23(32)19-10-22(39-4)14-34-13-19/h7-14,16H,6,15,32-33H2,1-5H3,(H,35,38)/b23-16-. The van der Waals surface area contributed by atoms with E-state index in [1.807, 2.05) is 11.8 Å². The topological polar surface area (TPSA) is 119 Å². The lowest BCUT2D eigenvalue weighted by atomic mass is 10.1. The van der Waals surface area contributed by atoms with Gasteiger partial charge in [-0.3, -0.25) is 14.8 Å². The molecule has 1 amide bonds. The van der Waals surface area contributed by atoms with E-state index in [-0.39, 0.29) is 23.5 Å². The molecule has 0 aliphatic heterocycles. The number of anilines is 2. The van der Waals surface area contributed by atoms with Crippen LogP contribution in [0.2, 0.25) is 0 Å². The molecule has 0 radical (unpaired) electrons. The number of hydrazine groups is 1. The van der Waals surface area contributed by atoms with Crippen molar-refractivity contribution in [3.63, 3.8) is 0 Å². The van der Waals surface area contributed by atoms with Crippen molar-refractivity contribution in [2.24, 2.45) is 11.6 Å². The number of pyridine rings is 1. The Morgan fingerprint density at radius 3 is 2.45 bits per heavy atom. The second-order valence-electron chi connectivity index (χ2n) is 9.10. The molecule has 0 fully saturated rings. The maximum atomic E-state index is 13.7. The zero-order chi connectivity index (χ0) is 29.6. The van der Waals surface area contributed by atoms with E-state index >= 15 is 0 Å². The van der Waals surface area contributed by atoms with Crippen molar-refractivity contribution < 1.29 is 27.4 Å². The molecule has 1 heterocycles. The zero-order valence-corrected chi connectivity index (χ0v) is 23.0. The minimum absolute atomic E-state index is 0.0942. The predicted molar refractivity (Wildman–Crippen MR) is 149 cm³/mol. The van der Waals surface area contributed by atoms with Crippen LogP contribution in [0.25, 0.3) is 5.70 Å². The lowest BCUT2D eigenvalue weighted by Crippen LogP contribution is -2.27. The van der Waals surface area contributed by atoms with E-state index in [0.717, 1.165) is 17.7 Å². The van der Waals surface area contributed by atoms with Gasteiger partial charge in [-0.2, -0.15) is 13.2 Å². The summed E-state index contributed by atoms with van der Waals surface area (Å²) in [7, 11) is 4.63. The number of aryl methyl sites for hydroxylation is 1. The first-order chi connectivity index (χ1) is 18.9. The summed E-state index contributed by atoms with van der Waals surface area (Å²) in [5.41, 5.74) is 7.72. The molecular weight excluding hydrogens is 525 g/mol. The van der Waals surface area contributed by atoms with Crippen LogP contribution in [0.5, 0.6) is 11.5 Å². The van der Waals surface area contributed by atoms with Gasteiger partial charge >= 0.3 is 6.18 Å². The molecule has 0 aliphatic carbocycles. The summed E-state index contributed by atoms with van der Waals surface area (Å²) >= 11 is 0. The Morgan fingerprint density at radius 1 is 1.10 bits per heavy atom. The third-order valence-electron chi connectivity index (χ3n) is 6.24. The number of nitrogens with two attached hydrogens (primary N) is 2. The van der Waals surface area contributed by atoms with Crippen molar-refractivity contribution in [2.45, 2.75) is 26.6 Å². The Balaban J connectivity index is 1.95. The van der Waals surface area contributed by atoms with E-state index in [1.165, 1.54) is 37.7 Å². The molecule has 0 saturated heterocycles. The number of halogens is 3. The highest BCUT2D eigenvalue weighted by Crippen LogP contribution is 2.38. The highest BCUT2D eigenvalue weighted by Gasteiger charge is 2.33. The fourth-order valence-electron chi connectivity index (χ4n) is 3.91. The Kier molecular flexibility index (Phi) is 9.61. The molecule has 3 rings (SSSR count). The predicted octanol–water partition coefficient (Wildman–Crippen LogP) is 4.77. The summed E-state index contributed by atoms with van der Waals surface area (Å²) in [6.07, 6.45) is -0.0682. The first-order valence-corrected chi connectivity index (χ1v) is 12.3. The van der Waals surface area contributed by atoms with Gasteiger partial charge < -0.3 is 25.4 Å². The van der Waals surface area contributed by atoms with Crippen molar-refractivity contribution in [1.29, 1.82) is 0 Å². The normalized spacial score (nSPS) is 11.9. The molecule has 40 heavy (non-hydrogen) atoms. The van der Waals surface area contributed by atoms with E-state index in [4.69, 9.17) is 21.1 Å². The second kappa shape index (κ2) is 12.7. The molecule has 0 aliphatic rings. The van der Waals surface area contributed by atoms with E-state index < -0.39 is 17.6 Å². The third kappa shape index (κ3) is 7.21. The summed E-state index contributed by atoms with van der Waals surface area (Å²) < 4.78 is 51.7. The number of aromatic nitrogens is 1. The summed E-state index contributed by atoms with van der Waals surface area (Å²) in [6, 6.07) is 8.33. The zero-order valence-electron chi connectivity index (χ0n) is 23.0. The van der Waals surface area contributed by atoms with E-state index in [1.54, 1.807) is 38.4 Å². The van der Waals surface area contributed by atoms with Crippen LogP contribution in [-0.4, -0.2) is 43.6 Å². The quantitative estimate of drug-likeness (QED) is 0.241. The van der Waals surface area contributed by atoms with Gasteiger partial charge in [0.25, 0.3) is 5.91 Å². The number of hydrogen-bond donors (Lipinski definition) is 3. The molecule has 5 N–H and O–H groups in total. The molecule has 0 bridgehead atoms. The Morgan fingerprint density at radius 2 is 1.82 bits per heavy atom. The number of rotatable bonds is 10. The minimum atomic E-state index is -4.62. The van der Waals surface area contributed by atoms with E-state index in [9.17, 15) is 18.0 Å². The fourth-order valence-corrected chi connectivity index (χ4v) is 3.91. The molecule has 0 atom stereocenters. The molecule has 2 aromatic carbocycles. The largest absolute Gasteiger partial charge is 0.495 e. The van der Waals surface area contributed by atoms with Crippen LogP contribution in [-0.2, 0) is 12.7 Å². The highest BCUT2D eigenvalue weighted by molar-refractivity contribution is 6.06. The number of methoxy groups -OCH3 is 2. The van der Waals surface area contributed by atoms with Gasteiger partial charge in [-0.25, -0.2) is 5.84 Å². The number of benzene rings is 2. The SMILES string of the molecule is CCN(C)Cc1cc(C(F)(F)F)cc(NC(=O)c2ccc(C)c(N(N)/C=C(\N)c3cncc(OC)c3)c2)c1OC. The van der Waals surface area contributed by atoms with E-state index in [0.29, 0.717) is 34.8 Å². The van der Waals surface area contributed by atoms with Crippen LogP contribution in [0.15, 0.2) is 55.0 Å². The maximum absolute atomic E-state index is 13.7. The molecule has 9 nitrogen and oxygen atoms in total. The van der Waals surface area contributed by atoms with E-state index in [2.05, 4.69) is 10.3 Å². The van der Waals surface area contributed by atoms with Crippen LogP contribution < -0.4 is 31.4 Å². The second-order valence-corrected chi connectivity index (χ2v) is 9.10. The van der Waals surface area contributed by atoms with Gasteiger partial charge in [-0.1, -0.05) is 13.0 Å². The first-order valence-electron chi connectivity index (χ1n) is 12.3. The van der Waals surface area contributed by atoms with Crippen LogP contribution in [0.3, 0.4) is 0 Å². The molecule has 214 valence electrons. The van der Waals surface area contributed by atoms with Crippen molar-refractivity contribution in [2.75, 3.05) is 38.1 Å². The highest BCUT2D eigenvalue weighted by atomic mass is 19.4. The van der Waals surface area contributed by atoms with Gasteiger partial charge in [0.1, 0.15) is 11.5 Å². The monoisotopic (exact) mass is 558 g/mol. The number of carbonyl (C=O) groups is 1. The average Bonchev–Trinajstić information content (AvgIpc) is 2.92. The Hall–Kier alpha value is -4.29. The van der Waals surface area contributed by atoms with Crippen molar-refractivity contribution in [3.8, 4) is 11.5 Å². The minimum Gasteiger partial charge on any atom is -0.495 e. The molecular formula is C28H33F3N6O3. The Bertz CT molecular complexity index is 1390. The van der Waals surface area contributed by atoms with Crippen molar-refractivity contribution in [3.05, 3.63) is 82.8 Å². The van der Waals surface area contributed by atoms with Gasteiger partial charge in [-0.15, -0.1) is 0 Å². The summed E-state index contributed by atoms with van der Waals surface area (Å²) in [5.74, 6) is 6.29. The van der Waals surface area contributed by atoms with Crippen LogP contribution in [0, 0.1) is 6.92 Å². The van der Waals surface area contributed by atoms with Gasteiger partial charge in [0.2, 0.25) is 0 Å². The molecule has 12 heteroatoms. The fraction of sp³-hybridized carbons (Fsp3) is 0.286. The number of carbonyl (C=O) groups excluding carboxylic acids is 1. The van der Waals surface area contributed by atoms with Gasteiger partial charge in [0.15, 0.2) is 0 Å². The lowest BCUT2D eigenvalue weighted by molar-refractivity contribution is -0.137. The number of alkyl halides is 3. The van der Waals surface area contributed by atoms with Crippen LogP contribution in [0.4, 0.5) is 24.5 Å². The van der Waals surface area contributed by atoms with Crippen LogP contribution >= 0.6 is 0 Å². The summed E-state index contributed by atoms with van der Waals surface area (Å²) in [5, 5.41) is 3.84. The third-order valence-corrected chi connectivity index (χ3v) is 6.24. The van der Waals surface area contributed by atoms with Crippen molar-refractivity contribution in [1.82, 2.24) is 9.88 Å². The summed E-state index contributed by atoms with van der Waals surface area (Å²) in [6.45, 7) is 4.48.